The van der Waals surface area contributed by atoms with Crippen LogP contribution in [0.25, 0.3) is 0 Å². The van der Waals surface area contributed by atoms with Crippen LogP contribution in [-0.2, 0) is 16.4 Å². The highest BCUT2D eigenvalue weighted by molar-refractivity contribution is 7.89. The summed E-state index contributed by atoms with van der Waals surface area (Å²) >= 11 is 0. The van der Waals surface area contributed by atoms with Crippen molar-refractivity contribution in [3.63, 3.8) is 0 Å². The van der Waals surface area contributed by atoms with Gasteiger partial charge in [-0.15, -0.1) is 0 Å². The normalized spacial score (nSPS) is 13.0. The SMILES string of the molecule is Cc1cc(C)c(S(=O)(=O)NC[C@@H](O)Cc2ccccc2)cc1C. The molecule has 2 aromatic rings. The molecular weight excluding hydrogens is 310 g/mol. The number of rotatable bonds is 6. The maximum absolute atomic E-state index is 12.5. The Balaban J connectivity index is 2.06. The van der Waals surface area contributed by atoms with Crippen LogP contribution in [-0.4, -0.2) is 26.2 Å². The Labute approximate surface area is 138 Å². The molecule has 0 bridgehead atoms. The monoisotopic (exact) mass is 333 g/mol. The van der Waals surface area contributed by atoms with E-state index in [0.29, 0.717) is 12.0 Å². The van der Waals surface area contributed by atoms with Crippen molar-refractivity contribution < 1.29 is 13.5 Å². The predicted octanol–water partition coefficient (Wildman–Crippen LogP) is 2.49. The molecule has 0 heterocycles. The molecule has 5 heteroatoms. The van der Waals surface area contributed by atoms with E-state index in [0.717, 1.165) is 16.7 Å². The molecule has 1 atom stereocenters. The minimum atomic E-state index is -3.63. The third-order valence-electron chi connectivity index (χ3n) is 3.90. The van der Waals surface area contributed by atoms with Crippen LogP contribution in [0, 0.1) is 20.8 Å². The molecule has 2 rings (SSSR count). The van der Waals surface area contributed by atoms with Crippen molar-refractivity contribution in [3.05, 3.63) is 64.7 Å². The molecule has 4 nitrogen and oxygen atoms in total. The molecule has 23 heavy (non-hydrogen) atoms. The molecule has 124 valence electrons. The fourth-order valence-corrected chi connectivity index (χ4v) is 3.85. The van der Waals surface area contributed by atoms with Crippen molar-refractivity contribution in [2.75, 3.05) is 6.54 Å². The van der Waals surface area contributed by atoms with E-state index in [1.54, 1.807) is 13.0 Å². The molecule has 0 amide bonds. The first-order valence-corrected chi connectivity index (χ1v) is 9.07. The summed E-state index contributed by atoms with van der Waals surface area (Å²) in [7, 11) is -3.63. The third-order valence-corrected chi connectivity index (χ3v) is 5.47. The van der Waals surface area contributed by atoms with Crippen molar-refractivity contribution in [1.29, 1.82) is 0 Å². The van der Waals surface area contributed by atoms with Gasteiger partial charge in [-0.3, -0.25) is 0 Å². The molecule has 0 aromatic heterocycles. The first-order valence-electron chi connectivity index (χ1n) is 7.59. The summed E-state index contributed by atoms with van der Waals surface area (Å²) in [4.78, 5) is 0.271. The summed E-state index contributed by atoms with van der Waals surface area (Å²) in [6.07, 6.45) is -0.353. The molecule has 0 fully saturated rings. The van der Waals surface area contributed by atoms with E-state index >= 15 is 0 Å². The van der Waals surface area contributed by atoms with Gasteiger partial charge in [-0.25, -0.2) is 13.1 Å². The highest BCUT2D eigenvalue weighted by atomic mass is 32.2. The van der Waals surface area contributed by atoms with E-state index in [9.17, 15) is 13.5 Å². The third kappa shape index (κ3) is 4.64. The van der Waals surface area contributed by atoms with Gasteiger partial charge in [0.25, 0.3) is 0 Å². The molecule has 0 saturated heterocycles. The van der Waals surface area contributed by atoms with Crippen LogP contribution in [0.5, 0.6) is 0 Å². The van der Waals surface area contributed by atoms with Crippen molar-refractivity contribution >= 4 is 10.0 Å². The predicted molar refractivity (Wildman–Crippen MR) is 92.0 cm³/mol. The zero-order valence-electron chi connectivity index (χ0n) is 13.7. The standard InChI is InChI=1S/C18H23NO3S/c1-13-9-15(3)18(10-14(13)2)23(21,22)19-12-17(20)11-16-7-5-4-6-8-16/h4-10,17,19-20H,11-12H2,1-3H3/t17-/m0/s1. The summed E-state index contributed by atoms with van der Waals surface area (Å²) in [5.74, 6) is 0. The van der Waals surface area contributed by atoms with Gasteiger partial charge in [0.05, 0.1) is 11.0 Å². The smallest absolute Gasteiger partial charge is 0.240 e. The van der Waals surface area contributed by atoms with Crippen molar-refractivity contribution in [2.24, 2.45) is 0 Å². The van der Waals surface area contributed by atoms with Gasteiger partial charge in [0.2, 0.25) is 10.0 Å². The molecule has 0 saturated carbocycles. The van der Waals surface area contributed by atoms with Gasteiger partial charge >= 0.3 is 0 Å². The first-order chi connectivity index (χ1) is 10.8. The van der Waals surface area contributed by atoms with E-state index in [2.05, 4.69) is 4.72 Å². The van der Waals surface area contributed by atoms with Crippen molar-refractivity contribution in [3.8, 4) is 0 Å². The highest BCUT2D eigenvalue weighted by Gasteiger charge is 2.19. The van der Waals surface area contributed by atoms with Crippen LogP contribution < -0.4 is 4.72 Å². The van der Waals surface area contributed by atoms with Crippen molar-refractivity contribution in [1.82, 2.24) is 4.72 Å². The summed E-state index contributed by atoms with van der Waals surface area (Å²) in [5.41, 5.74) is 3.67. The maximum Gasteiger partial charge on any atom is 0.240 e. The Hall–Kier alpha value is -1.69. The van der Waals surface area contributed by atoms with Crippen molar-refractivity contribution in [2.45, 2.75) is 38.2 Å². The van der Waals surface area contributed by atoms with Gasteiger partial charge in [0.15, 0.2) is 0 Å². The maximum atomic E-state index is 12.5. The molecular formula is C18H23NO3S. The highest BCUT2D eigenvalue weighted by Crippen LogP contribution is 2.19. The first kappa shape index (κ1) is 17.7. The van der Waals surface area contributed by atoms with Crippen LogP contribution in [0.1, 0.15) is 22.3 Å². The lowest BCUT2D eigenvalue weighted by Gasteiger charge is -2.15. The van der Waals surface area contributed by atoms with Gasteiger partial charge in [-0.05, 0) is 55.5 Å². The zero-order chi connectivity index (χ0) is 17.0. The second-order valence-corrected chi connectivity index (χ2v) is 7.63. The minimum absolute atomic E-state index is 0.0103. The second-order valence-electron chi connectivity index (χ2n) is 5.90. The fraction of sp³-hybridized carbons (Fsp3) is 0.333. The van der Waals surface area contributed by atoms with E-state index < -0.39 is 16.1 Å². The number of nitrogens with one attached hydrogen (secondary N) is 1. The van der Waals surface area contributed by atoms with Gasteiger partial charge in [0, 0.05) is 6.54 Å². The zero-order valence-corrected chi connectivity index (χ0v) is 14.5. The topological polar surface area (TPSA) is 66.4 Å². The molecule has 2 aromatic carbocycles. The van der Waals surface area contributed by atoms with E-state index in [1.165, 1.54) is 0 Å². The minimum Gasteiger partial charge on any atom is -0.391 e. The number of aliphatic hydroxyl groups excluding tert-OH is 1. The fourth-order valence-electron chi connectivity index (χ4n) is 2.47. The number of hydrogen-bond donors (Lipinski definition) is 2. The number of aliphatic hydroxyl groups is 1. The number of aryl methyl sites for hydroxylation is 3. The molecule has 0 unspecified atom stereocenters. The molecule has 0 radical (unpaired) electrons. The van der Waals surface area contributed by atoms with Crippen LogP contribution in [0.4, 0.5) is 0 Å². The van der Waals surface area contributed by atoms with Crippen LogP contribution >= 0.6 is 0 Å². The van der Waals surface area contributed by atoms with Crippen LogP contribution in [0.3, 0.4) is 0 Å². The van der Waals surface area contributed by atoms with Crippen LogP contribution in [0.15, 0.2) is 47.4 Å². The van der Waals surface area contributed by atoms with E-state index in [4.69, 9.17) is 0 Å². The lowest BCUT2D eigenvalue weighted by Crippen LogP contribution is -2.33. The van der Waals surface area contributed by atoms with E-state index in [1.807, 2.05) is 50.2 Å². The molecule has 0 aliphatic carbocycles. The Kier molecular flexibility index (Phi) is 5.57. The van der Waals surface area contributed by atoms with Gasteiger partial charge in [-0.1, -0.05) is 36.4 Å². The summed E-state index contributed by atoms with van der Waals surface area (Å²) in [6, 6.07) is 13.0. The molecule has 2 N–H and O–H groups in total. The van der Waals surface area contributed by atoms with E-state index in [-0.39, 0.29) is 11.4 Å². The lowest BCUT2D eigenvalue weighted by molar-refractivity contribution is 0.179. The Morgan fingerprint density at radius 1 is 1.00 bits per heavy atom. The Bertz CT molecular complexity index is 770. The number of sulfonamides is 1. The number of hydrogen-bond acceptors (Lipinski definition) is 3. The summed E-state index contributed by atoms with van der Waals surface area (Å²) in [6.45, 7) is 5.61. The van der Waals surface area contributed by atoms with Gasteiger partial charge in [0.1, 0.15) is 0 Å². The largest absolute Gasteiger partial charge is 0.391 e. The molecule has 0 spiro atoms. The average molecular weight is 333 g/mol. The quantitative estimate of drug-likeness (QED) is 0.853. The van der Waals surface area contributed by atoms with Gasteiger partial charge in [-0.2, -0.15) is 0 Å². The molecule has 0 aliphatic heterocycles. The summed E-state index contributed by atoms with van der Waals surface area (Å²) < 4.78 is 27.4. The number of benzene rings is 2. The average Bonchev–Trinajstić information content (AvgIpc) is 2.50. The van der Waals surface area contributed by atoms with Crippen LogP contribution in [0.2, 0.25) is 0 Å². The lowest BCUT2D eigenvalue weighted by atomic mass is 10.1. The molecule has 0 aliphatic rings. The Morgan fingerprint density at radius 3 is 2.26 bits per heavy atom. The van der Waals surface area contributed by atoms with Gasteiger partial charge < -0.3 is 5.11 Å². The Morgan fingerprint density at radius 2 is 1.61 bits per heavy atom. The second kappa shape index (κ2) is 7.25. The summed E-state index contributed by atoms with van der Waals surface area (Å²) in [5, 5.41) is 10.1.